The summed E-state index contributed by atoms with van der Waals surface area (Å²) >= 11 is 11.9. The van der Waals surface area contributed by atoms with Crippen LogP contribution >= 0.6 is 23.2 Å². The monoisotopic (exact) mass is 435 g/mol. The van der Waals surface area contributed by atoms with E-state index in [2.05, 4.69) is 10.6 Å². The van der Waals surface area contributed by atoms with Crippen LogP contribution < -0.4 is 10.6 Å². The van der Waals surface area contributed by atoms with Gasteiger partial charge >= 0.3 is 0 Å². The van der Waals surface area contributed by atoms with Crippen molar-refractivity contribution in [2.45, 2.75) is 25.7 Å². The van der Waals surface area contributed by atoms with E-state index in [0.29, 0.717) is 41.3 Å². The van der Waals surface area contributed by atoms with E-state index in [9.17, 15) is 14.4 Å². The Labute approximate surface area is 179 Å². The normalized spacial score (nSPS) is 17.4. The molecule has 2 N–H and O–H groups in total. The first-order valence-corrected chi connectivity index (χ1v) is 10.4. The van der Waals surface area contributed by atoms with Crippen LogP contribution in [0.1, 0.15) is 31.2 Å². The topological polar surface area (TPSA) is 78.5 Å². The smallest absolute Gasteiger partial charge is 0.267 e. The molecule has 2 aliphatic rings. The molecule has 0 aliphatic carbocycles. The maximum Gasteiger partial charge on any atom is 0.267 e. The van der Waals surface area contributed by atoms with Crippen LogP contribution in [0.15, 0.2) is 36.0 Å². The molecule has 0 bridgehead atoms. The van der Waals surface area contributed by atoms with E-state index < -0.39 is 0 Å². The minimum absolute atomic E-state index is 0.0308. The van der Waals surface area contributed by atoms with Gasteiger partial charge in [-0.3, -0.25) is 14.4 Å². The molecule has 2 aliphatic heterocycles. The van der Waals surface area contributed by atoms with Crippen molar-refractivity contribution in [3.63, 3.8) is 0 Å². The number of nitrogens with zero attached hydrogens (tertiary/aromatic N) is 1. The van der Waals surface area contributed by atoms with Crippen molar-refractivity contribution in [3.05, 3.63) is 51.7 Å². The Morgan fingerprint density at radius 2 is 1.86 bits per heavy atom. The van der Waals surface area contributed by atoms with Crippen LogP contribution in [0.2, 0.25) is 10.0 Å². The van der Waals surface area contributed by atoms with Gasteiger partial charge in [-0.15, -0.1) is 0 Å². The first-order valence-electron chi connectivity index (χ1n) is 9.62. The third-order valence-corrected chi connectivity index (χ3v) is 5.51. The lowest BCUT2D eigenvalue weighted by Gasteiger charge is -2.31. The van der Waals surface area contributed by atoms with Crippen LogP contribution in [0.25, 0.3) is 6.08 Å². The lowest BCUT2D eigenvalue weighted by Crippen LogP contribution is -2.38. The predicted molar refractivity (Wildman–Crippen MR) is 113 cm³/mol. The number of hydrogen-bond donors (Lipinski definition) is 2. The van der Waals surface area contributed by atoms with Crippen molar-refractivity contribution in [2.75, 3.05) is 19.6 Å². The SMILES string of the molecule is O=C1CC=C(C(=O)NCCC2CCN(C(=O)/C=C/c3cc(Cl)cc(Cl)c3)CC2)N1. The maximum atomic E-state index is 12.4. The van der Waals surface area contributed by atoms with E-state index in [1.54, 1.807) is 36.4 Å². The molecule has 0 radical (unpaired) electrons. The van der Waals surface area contributed by atoms with E-state index in [-0.39, 0.29) is 24.1 Å². The quantitative estimate of drug-likeness (QED) is 0.673. The molecule has 154 valence electrons. The molecule has 1 aromatic rings. The maximum absolute atomic E-state index is 12.4. The fourth-order valence-corrected chi connectivity index (χ4v) is 4.01. The van der Waals surface area contributed by atoms with Crippen molar-refractivity contribution >= 4 is 47.0 Å². The fraction of sp³-hybridized carbons (Fsp3) is 0.381. The Balaban J connectivity index is 1.38. The predicted octanol–water partition coefficient (Wildman–Crippen LogP) is 3.16. The lowest BCUT2D eigenvalue weighted by molar-refractivity contribution is -0.127. The highest BCUT2D eigenvalue weighted by Gasteiger charge is 2.22. The van der Waals surface area contributed by atoms with Crippen LogP contribution in [0.5, 0.6) is 0 Å². The minimum atomic E-state index is -0.241. The Bertz CT molecular complexity index is 838. The average Bonchev–Trinajstić information content (AvgIpc) is 3.12. The van der Waals surface area contributed by atoms with Crippen LogP contribution in [0.3, 0.4) is 0 Å². The molecule has 0 unspecified atom stereocenters. The van der Waals surface area contributed by atoms with Crippen molar-refractivity contribution in [1.82, 2.24) is 15.5 Å². The van der Waals surface area contributed by atoms with Crippen molar-refractivity contribution in [1.29, 1.82) is 0 Å². The fourth-order valence-electron chi connectivity index (χ4n) is 3.47. The number of halogens is 2. The number of carbonyl (C=O) groups excluding carboxylic acids is 3. The van der Waals surface area contributed by atoms with E-state index in [0.717, 1.165) is 24.8 Å². The average molecular weight is 436 g/mol. The van der Waals surface area contributed by atoms with Crippen LogP contribution in [-0.2, 0) is 14.4 Å². The molecule has 1 aromatic carbocycles. The number of benzene rings is 1. The molecule has 6 nitrogen and oxygen atoms in total. The molecular formula is C21H23Cl2N3O3. The Kier molecular flexibility index (Phi) is 7.34. The third kappa shape index (κ3) is 6.34. The van der Waals surface area contributed by atoms with Crippen molar-refractivity contribution in [2.24, 2.45) is 5.92 Å². The number of nitrogens with one attached hydrogen (secondary N) is 2. The zero-order chi connectivity index (χ0) is 20.8. The van der Waals surface area contributed by atoms with Gasteiger partial charge in [0.1, 0.15) is 5.70 Å². The Morgan fingerprint density at radius 1 is 1.17 bits per heavy atom. The second kappa shape index (κ2) is 9.94. The molecule has 29 heavy (non-hydrogen) atoms. The van der Waals surface area contributed by atoms with E-state index in [1.165, 1.54) is 0 Å². The van der Waals surface area contributed by atoms with Crippen LogP contribution in [-0.4, -0.2) is 42.3 Å². The number of likely N-dealkylation sites (tertiary alicyclic amines) is 1. The first-order chi connectivity index (χ1) is 13.9. The number of hydrogen-bond acceptors (Lipinski definition) is 3. The van der Waals surface area contributed by atoms with Gasteiger partial charge in [-0.1, -0.05) is 23.2 Å². The first kappa shape index (κ1) is 21.4. The summed E-state index contributed by atoms with van der Waals surface area (Å²) in [4.78, 5) is 37.3. The van der Waals surface area contributed by atoms with Gasteiger partial charge in [-0.05, 0) is 61.1 Å². The number of amides is 3. The summed E-state index contributed by atoms with van der Waals surface area (Å²) in [5.74, 6) is 0.0356. The van der Waals surface area contributed by atoms with Crippen LogP contribution in [0.4, 0.5) is 0 Å². The summed E-state index contributed by atoms with van der Waals surface area (Å²) in [6.45, 7) is 1.94. The molecule has 1 fully saturated rings. The number of rotatable bonds is 6. The summed E-state index contributed by atoms with van der Waals surface area (Å²) in [7, 11) is 0. The molecule has 0 aromatic heterocycles. The van der Waals surface area contributed by atoms with Crippen molar-refractivity contribution < 1.29 is 14.4 Å². The van der Waals surface area contributed by atoms with E-state index in [4.69, 9.17) is 23.2 Å². The molecule has 1 saturated heterocycles. The standard InChI is InChI=1S/C21H23Cl2N3O3/c22-16-11-15(12-17(23)13-16)1-4-20(28)26-9-6-14(7-10-26)5-8-24-21(29)18-2-3-19(27)25-18/h1-2,4,11-14H,3,5-10H2,(H,24,29)(H,25,27)/b4-1+. The van der Waals surface area contributed by atoms with Crippen molar-refractivity contribution in [3.8, 4) is 0 Å². The highest BCUT2D eigenvalue weighted by Crippen LogP contribution is 2.22. The largest absolute Gasteiger partial charge is 0.351 e. The Morgan fingerprint density at radius 3 is 2.48 bits per heavy atom. The third-order valence-electron chi connectivity index (χ3n) is 5.08. The van der Waals surface area contributed by atoms with Crippen LogP contribution in [0, 0.1) is 5.92 Å². The van der Waals surface area contributed by atoms with Gasteiger partial charge in [0.15, 0.2) is 0 Å². The van der Waals surface area contributed by atoms with Gasteiger partial charge in [-0.2, -0.15) is 0 Å². The Hall–Kier alpha value is -2.31. The highest BCUT2D eigenvalue weighted by atomic mass is 35.5. The second-order valence-electron chi connectivity index (χ2n) is 7.22. The molecule has 8 heteroatoms. The van der Waals surface area contributed by atoms with Gasteiger partial charge in [-0.25, -0.2) is 0 Å². The van der Waals surface area contributed by atoms with Gasteiger partial charge in [0.25, 0.3) is 5.91 Å². The van der Waals surface area contributed by atoms with E-state index in [1.807, 2.05) is 4.90 Å². The molecule has 2 heterocycles. The van der Waals surface area contributed by atoms with Gasteiger partial charge < -0.3 is 15.5 Å². The summed E-state index contributed by atoms with van der Waals surface area (Å²) < 4.78 is 0. The number of carbonyl (C=O) groups is 3. The summed E-state index contributed by atoms with van der Waals surface area (Å²) in [6, 6.07) is 5.16. The molecule has 0 atom stereocenters. The molecule has 3 rings (SSSR count). The van der Waals surface area contributed by atoms with Gasteiger partial charge in [0.2, 0.25) is 11.8 Å². The molecular weight excluding hydrogens is 413 g/mol. The highest BCUT2D eigenvalue weighted by molar-refractivity contribution is 6.34. The minimum Gasteiger partial charge on any atom is -0.351 e. The second-order valence-corrected chi connectivity index (χ2v) is 8.09. The summed E-state index contributed by atoms with van der Waals surface area (Å²) in [5.41, 5.74) is 1.12. The van der Waals surface area contributed by atoms with E-state index >= 15 is 0 Å². The molecule has 3 amide bonds. The summed E-state index contributed by atoms with van der Waals surface area (Å²) in [5, 5.41) is 6.44. The van der Waals surface area contributed by atoms with Gasteiger partial charge in [0, 0.05) is 42.2 Å². The molecule has 0 saturated carbocycles. The zero-order valence-electron chi connectivity index (χ0n) is 15.9. The summed E-state index contributed by atoms with van der Waals surface area (Å²) in [6.07, 6.45) is 7.78. The number of piperidine rings is 1. The lowest BCUT2D eigenvalue weighted by atomic mass is 9.93. The molecule has 0 spiro atoms. The zero-order valence-corrected chi connectivity index (χ0v) is 17.4. The van der Waals surface area contributed by atoms with Gasteiger partial charge in [0.05, 0.1) is 0 Å².